The number of fused-ring (bicyclic) bond motifs is 2. The average molecular weight is 650 g/mol. The van der Waals surface area contributed by atoms with Crippen LogP contribution in [0.2, 0.25) is 0 Å². The smallest absolute Gasteiger partial charge is 0.417 e. The van der Waals surface area contributed by atoms with E-state index in [2.05, 4.69) is 20.3 Å². The van der Waals surface area contributed by atoms with E-state index in [0.717, 1.165) is 16.6 Å². The number of carbonyl (C=O) groups excluding carboxylic acids is 1. The van der Waals surface area contributed by atoms with Gasteiger partial charge in [0.1, 0.15) is 17.2 Å². The first-order chi connectivity index (χ1) is 21.7. The van der Waals surface area contributed by atoms with Crippen molar-refractivity contribution in [1.29, 1.82) is 0 Å². The number of anilines is 1. The highest BCUT2D eigenvalue weighted by molar-refractivity contribution is 7.92. The Bertz CT molecular complexity index is 2270. The molecule has 4 aromatic heterocycles. The molecular formula is C32H23F4N5O4S. The third-order valence-electron chi connectivity index (χ3n) is 7.42. The molecule has 6 rings (SSSR count). The molecule has 0 saturated carbocycles. The lowest BCUT2D eigenvalue weighted by atomic mass is 9.98. The molecule has 0 saturated heterocycles. The molecule has 1 N–H and O–H groups in total. The highest BCUT2D eigenvalue weighted by Crippen LogP contribution is 2.42. The predicted molar refractivity (Wildman–Crippen MR) is 165 cm³/mol. The minimum atomic E-state index is -4.55. The fourth-order valence-electron chi connectivity index (χ4n) is 5.01. The zero-order valence-electron chi connectivity index (χ0n) is 24.3. The summed E-state index contributed by atoms with van der Waals surface area (Å²) in [7, 11) is -0.970. The zero-order valence-corrected chi connectivity index (χ0v) is 25.2. The first-order valence-electron chi connectivity index (χ1n) is 13.6. The van der Waals surface area contributed by atoms with Crippen LogP contribution in [-0.2, 0) is 16.2 Å². The van der Waals surface area contributed by atoms with Gasteiger partial charge in [0.2, 0.25) is 10.0 Å². The summed E-state index contributed by atoms with van der Waals surface area (Å²) >= 11 is 0. The number of hydrogen-bond acceptors (Lipinski definition) is 7. The van der Waals surface area contributed by atoms with Crippen molar-refractivity contribution in [2.75, 3.05) is 24.7 Å². The van der Waals surface area contributed by atoms with Gasteiger partial charge in [-0.05, 0) is 54.6 Å². The van der Waals surface area contributed by atoms with Crippen molar-refractivity contribution in [3.05, 3.63) is 96.2 Å². The standard InChI is InChI=1S/C32H23F4N5O4S/c1-37-31(42)28-24-12-23(26(41(2)46(3,43)44)13-27(24)45-29(28)17-4-7-22(33)8-5-17)19-10-20(15-38-14-19)25-9-6-18-11-21(32(34,35)36)16-39-30(18)40-25/h4-16H,1-3H3,(H,37,42). The van der Waals surface area contributed by atoms with Crippen molar-refractivity contribution < 1.29 is 35.2 Å². The molecule has 0 bridgehead atoms. The first-order valence-corrected chi connectivity index (χ1v) is 15.4. The van der Waals surface area contributed by atoms with E-state index in [1.54, 1.807) is 12.1 Å². The molecular weight excluding hydrogens is 626 g/mol. The van der Waals surface area contributed by atoms with Crippen molar-refractivity contribution in [3.8, 4) is 33.7 Å². The van der Waals surface area contributed by atoms with Crippen molar-refractivity contribution in [2.24, 2.45) is 0 Å². The quantitative estimate of drug-likeness (QED) is 0.200. The third kappa shape index (κ3) is 5.62. The van der Waals surface area contributed by atoms with E-state index in [1.165, 1.54) is 69.0 Å². The van der Waals surface area contributed by atoms with Crippen LogP contribution in [0.1, 0.15) is 15.9 Å². The van der Waals surface area contributed by atoms with E-state index in [1.807, 2.05) is 0 Å². The summed E-state index contributed by atoms with van der Waals surface area (Å²) in [5, 5.41) is 3.15. The topological polar surface area (TPSA) is 118 Å². The lowest BCUT2D eigenvalue weighted by Gasteiger charge is -2.21. The number of amides is 1. The Morgan fingerprint density at radius 3 is 2.33 bits per heavy atom. The highest BCUT2D eigenvalue weighted by Gasteiger charge is 2.31. The van der Waals surface area contributed by atoms with E-state index in [9.17, 15) is 30.8 Å². The lowest BCUT2D eigenvalue weighted by Crippen LogP contribution is -2.25. The van der Waals surface area contributed by atoms with Gasteiger partial charge in [-0.15, -0.1) is 0 Å². The van der Waals surface area contributed by atoms with Crippen LogP contribution < -0.4 is 9.62 Å². The lowest BCUT2D eigenvalue weighted by molar-refractivity contribution is -0.137. The summed E-state index contributed by atoms with van der Waals surface area (Å²) in [5.74, 6) is -0.801. The van der Waals surface area contributed by atoms with Crippen molar-refractivity contribution >= 4 is 43.6 Å². The van der Waals surface area contributed by atoms with Crippen LogP contribution in [0.4, 0.5) is 23.2 Å². The second-order valence-corrected chi connectivity index (χ2v) is 12.4. The number of halogens is 4. The average Bonchev–Trinajstić information content (AvgIpc) is 3.41. The molecule has 4 heterocycles. The van der Waals surface area contributed by atoms with E-state index in [-0.39, 0.29) is 33.6 Å². The van der Waals surface area contributed by atoms with Gasteiger partial charge >= 0.3 is 6.18 Å². The predicted octanol–water partition coefficient (Wildman–Crippen LogP) is 6.69. The number of aromatic nitrogens is 3. The number of carbonyl (C=O) groups is 1. The van der Waals surface area contributed by atoms with Crippen LogP contribution in [0.25, 0.3) is 55.7 Å². The van der Waals surface area contributed by atoms with Crippen LogP contribution in [0.15, 0.2) is 83.7 Å². The second-order valence-electron chi connectivity index (χ2n) is 10.4. The maximum Gasteiger partial charge on any atom is 0.417 e. The van der Waals surface area contributed by atoms with Crippen molar-refractivity contribution in [3.63, 3.8) is 0 Å². The van der Waals surface area contributed by atoms with Crippen molar-refractivity contribution in [1.82, 2.24) is 20.3 Å². The zero-order chi connectivity index (χ0) is 33.0. The Morgan fingerprint density at radius 2 is 1.65 bits per heavy atom. The number of nitrogens with one attached hydrogen (secondary N) is 1. The van der Waals surface area contributed by atoms with Crippen LogP contribution in [0, 0.1) is 5.82 Å². The SMILES string of the molecule is CNC(=O)c1c(-c2ccc(F)cc2)oc2cc(N(C)S(C)(=O)=O)c(-c3cncc(-c4ccc5cc(C(F)(F)F)cnc5n4)c3)cc12. The monoisotopic (exact) mass is 649 g/mol. The van der Waals surface area contributed by atoms with Gasteiger partial charge in [0, 0.05) is 71.8 Å². The molecule has 0 spiro atoms. The third-order valence-corrected chi connectivity index (χ3v) is 8.61. The minimum absolute atomic E-state index is 0.0942. The number of nitrogens with zero attached hydrogens (tertiary/aromatic N) is 4. The molecule has 6 aromatic rings. The van der Waals surface area contributed by atoms with E-state index in [4.69, 9.17) is 4.42 Å². The van der Waals surface area contributed by atoms with E-state index < -0.39 is 33.5 Å². The molecule has 0 radical (unpaired) electrons. The molecule has 0 fully saturated rings. The summed E-state index contributed by atoms with van der Waals surface area (Å²) in [5.41, 5.74) is 1.86. The van der Waals surface area contributed by atoms with Gasteiger partial charge in [-0.1, -0.05) is 0 Å². The van der Waals surface area contributed by atoms with Gasteiger partial charge in [0.25, 0.3) is 5.91 Å². The molecule has 0 aliphatic carbocycles. The maximum absolute atomic E-state index is 13.7. The number of rotatable bonds is 6. The molecule has 234 valence electrons. The Kier molecular flexibility index (Phi) is 7.47. The molecule has 9 nitrogen and oxygen atoms in total. The van der Waals surface area contributed by atoms with Gasteiger partial charge in [0.15, 0.2) is 5.65 Å². The number of benzene rings is 2. The summed E-state index contributed by atoms with van der Waals surface area (Å²) in [6.45, 7) is 0. The van der Waals surface area contributed by atoms with Gasteiger partial charge in [-0.25, -0.2) is 22.8 Å². The fourth-order valence-corrected chi connectivity index (χ4v) is 5.52. The molecule has 14 heteroatoms. The summed E-state index contributed by atoms with van der Waals surface area (Å²) in [6, 6.07) is 14.2. The van der Waals surface area contributed by atoms with Gasteiger partial charge in [0.05, 0.1) is 28.8 Å². The van der Waals surface area contributed by atoms with Crippen molar-refractivity contribution in [2.45, 2.75) is 6.18 Å². The molecule has 0 aliphatic rings. The number of pyridine rings is 3. The molecule has 0 unspecified atom stereocenters. The molecule has 0 aliphatic heterocycles. The fraction of sp³-hybridized carbons (Fsp3) is 0.125. The van der Waals surface area contributed by atoms with Crippen LogP contribution in [0.3, 0.4) is 0 Å². The number of furan rings is 1. The Hall–Kier alpha value is -5.37. The maximum atomic E-state index is 13.7. The normalized spacial score (nSPS) is 12.1. The van der Waals surface area contributed by atoms with Gasteiger partial charge in [-0.3, -0.25) is 14.1 Å². The van der Waals surface area contributed by atoms with Gasteiger partial charge in [-0.2, -0.15) is 13.2 Å². The number of alkyl halides is 3. The molecule has 0 atom stereocenters. The minimum Gasteiger partial charge on any atom is -0.455 e. The van der Waals surface area contributed by atoms with Crippen LogP contribution >= 0.6 is 0 Å². The summed E-state index contributed by atoms with van der Waals surface area (Å²) in [6.07, 6.45) is 0.197. The second kappa shape index (κ2) is 11.2. The Morgan fingerprint density at radius 1 is 0.935 bits per heavy atom. The van der Waals surface area contributed by atoms with Crippen LogP contribution in [0.5, 0.6) is 0 Å². The summed E-state index contributed by atoms with van der Waals surface area (Å²) < 4.78 is 85.8. The highest BCUT2D eigenvalue weighted by atomic mass is 32.2. The number of sulfonamides is 1. The van der Waals surface area contributed by atoms with E-state index >= 15 is 0 Å². The largest absolute Gasteiger partial charge is 0.455 e. The Balaban J connectivity index is 1.55. The summed E-state index contributed by atoms with van der Waals surface area (Å²) in [4.78, 5) is 25.8. The molecule has 2 aromatic carbocycles. The first kappa shape index (κ1) is 30.6. The molecule has 1 amide bonds. The van der Waals surface area contributed by atoms with E-state index in [0.29, 0.717) is 39.5 Å². The molecule has 46 heavy (non-hydrogen) atoms. The van der Waals surface area contributed by atoms with Gasteiger partial charge < -0.3 is 9.73 Å². The van der Waals surface area contributed by atoms with Crippen LogP contribution in [-0.4, -0.2) is 49.6 Å². The number of hydrogen-bond donors (Lipinski definition) is 1. The Labute approximate surface area is 259 Å².